The van der Waals surface area contributed by atoms with Crippen LogP contribution in [0.4, 0.5) is 0 Å². The van der Waals surface area contributed by atoms with Crippen LogP contribution in [-0.2, 0) is 4.79 Å². The molecule has 2 aromatic carbocycles. The summed E-state index contributed by atoms with van der Waals surface area (Å²) in [5.74, 6) is -4.15. The van der Waals surface area contributed by atoms with Crippen LogP contribution in [0.15, 0.2) is 72.4 Å². The van der Waals surface area contributed by atoms with Gasteiger partial charge in [0.15, 0.2) is 0 Å². The van der Waals surface area contributed by atoms with E-state index in [0.29, 0.717) is 16.7 Å². The molecule has 0 atom stereocenters. The van der Waals surface area contributed by atoms with Crippen LogP contribution in [0, 0.1) is 0 Å². The van der Waals surface area contributed by atoms with Gasteiger partial charge in [0.25, 0.3) is 0 Å². The summed E-state index contributed by atoms with van der Waals surface area (Å²) in [4.78, 5) is 34.7. The van der Waals surface area contributed by atoms with Crippen molar-refractivity contribution < 1.29 is 29.7 Å². The number of rotatable bonds is 3. The standard InChI is InChI=1S/C23H16O6/c1-11-8-12(21(24)25)2-5-15-16-6-3-13(22(26)27)9-18(16)20(11)19-10-14(23(28)29)4-7-17(15)19/h2-10,15,20H,1H2,(H,24,25)(H,26,27)(H,28,29)/b5-2-,12-8+. The van der Waals surface area contributed by atoms with E-state index in [-0.39, 0.29) is 22.6 Å². The molecule has 0 unspecified atom stereocenters. The van der Waals surface area contributed by atoms with E-state index in [1.807, 2.05) is 0 Å². The molecular formula is C23H16O6. The number of aliphatic carboxylic acids is 1. The van der Waals surface area contributed by atoms with E-state index in [1.54, 1.807) is 30.3 Å². The molecule has 0 saturated heterocycles. The molecule has 6 nitrogen and oxygen atoms in total. The van der Waals surface area contributed by atoms with Crippen LogP contribution >= 0.6 is 0 Å². The smallest absolute Gasteiger partial charge is 0.335 e. The molecule has 0 amide bonds. The highest BCUT2D eigenvalue weighted by Gasteiger charge is 2.34. The monoisotopic (exact) mass is 388 g/mol. The quantitative estimate of drug-likeness (QED) is 0.737. The summed E-state index contributed by atoms with van der Waals surface area (Å²) in [7, 11) is 0. The fourth-order valence-corrected chi connectivity index (χ4v) is 4.09. The summed E-state index contributed by atoms with van der Waals surface area (Å²) in [5.41, 5.74) is 3.75. The van der Waals surface area contributed by atoms with E-state index >= 15 is 0 Å². The van der Waals surface area contributed by atoms with E-state index in [4.69, 9.17) is 0 Å². The summed E-state index contributed by atoms with van der Waals surface area (Å²) >= 11 is 0. The van der Waals surface area contributed by atoms with Crippen molar-refractivity contribution in [3.8, 4) is 0 Å². The number of fused-ring (bicyclic) bond motifs is 3. The molecule has 0 fully saturated rings. The van der Waals surface area contributed by atoms with Gasteiger partial charge in [-0.2, -0.15) is 0 Å². The minimum Gasteiger partial charge on any atom is -0.478 e. The predicted octanol–water partition coefficient (Wildman–Crippen LogP) is 3.80. The number of aromatic carboxylic acids is 2. The van der Waals surface area contributed by atoms with E-state index < -0.39 is 23.8 Å². The van der Waals surface area contributed by atoms with Crippen LogP contribution in [0.2, 0.25) is 0 Å². The maximum atomic E-state index is 11.6. The molecule has 0 aromatic heterocycles. The lowest BCUT2D eigenvalue weighted by atomic mass is 9.69. The molecule has 2 aliphatic carbocycles. The highest BCUT2D eigenvalue weighted by atomic mass is 16.4. The van der Waals surface area contributed by atoms with Gasteiger partial charge in [-0.1, -0.05) is 30.9 Å². The zero-order chi connectivity index (χ0) is 20.9. The van der Waals surface area contributed by atoms with Gasteiger partial charge in [-0.15, -0.1) is 0 Å². The first-order valence-corrected chi connectivity index (χ1v) is 8.84. The lowest BCUT2D eigenvalue weighted by Gasteiger charge is -2.33. The summed E-state index contributed by atoms with van der Waals surface area (Å²) in [6, 6.07) is 9.61. The number of carboxylic acid groups (broad SMARTS) is 3. The molecule has 4 rings (SSSR count). The van der Waals surface area contributed by atoms with Crippen molar-refractivity contribution in [2.75, 3.05) is 0 Å². The van der Waals surface area contributed by atoms with Crippen molar-refractivity contribution in [2.24, 2.45) is 0 Å². The first-order valence-electron chi connectivity index (χ1n) is 8.84. The first kappa shape index (κ1) is 18.4. The fraction of sp³-hybridized carbons (Fsp3) is 0.0870. The van der Waals surface area contributed by atoms with E-state index in [2.05, 4.69) is 6.58 Å². The molecule has 2 aromatic rings. The molecule has 0 heterocycles. The van der Waals surface area contributed by atoms with Crippen molar-refractivity contribution in [3.05, 3.63) is 106 Å². The van der Waals surface area contributed by atoms with Gasteiger partial charge in [-0.3, -0.25) is 0 Å². The van der Waals surface area contributed by atoms with Crippen LogP contribution in [0.25, 0.3) is 0 Å². The highest BCUT2D eigenvalue weighted by molar-refractivity contribution is 5.92. The minimum absolute atomic E-state index is 0.0579. The second kappa shape index (κ2) is 6.60. The molecule has 6 heteroatoms. The van der Waals surface area contributed by atoms with Crippen LogP contribution in [0.3, 0.4) is 0 Å². The molecule has 0 radical (unpaired) electrons. The molecule has 3 N–H and O–H groups in total. The average molecular weight is 388 g/mol. The Balaban J connectivity index is 2.06. The van der Waals surface area contributed by atoms with Gasteiger partial charge in [0.1, 0.15) is 0 Å². The largest absolute Gasteiger partial charge is 0.478 e. The number of carboxylic acids is 3. The lowest BCUT2D eigenvalue weighted by molar-refractivity contribution is -0.132. The number of hydrogen-bond acceptors (Lipinski definition) is 3. The normalized spacial score (nSPS) is 22.2. The molecular weight excluding hydrogens is 372 g/mol. The third-order valence-electron chi connectivity index (χ3n) is 5.39. The Labute approximate surface area is 165 Å². The van der Waals surface area contributed by atoms with Gasteiger partial charge in [0, 0.05) is 11.8 Å². The van der Waals surface area contributed by atoms with Crippen LogP contribution in [-0.4, -0.2) is 33.2 Å². The van der Waals surface area contributed by atoms with Crippen LogP contribution < -0.4 is 0 Å². The van der Waals surface area contributed by atoms with Crippen molar-refractivity contribution >= 4 is 17.9 Å². The summed E-state index contributed by atoms with van der Waals surface area (Å²) in [6.45, 7) is 4.05. The number of hydrogen-bond donors (Lipinski definition) is 3. The predicted molar refractivity (Wildman–Crippen MR) is 104 cm³/mol. The lowest BCUT2D eigenvalue weighted by Crippen LogP contribution is -2.19. The maximum Gasteiger partial charge on any atom is 0.335 e. The number of allylic oxidation sites excluding steroid dienone is 3. The second-order valence-corrected chi connectivity index (χ2v) is 7.05. The summed E-state index contributed by atoms with van der Waals surface area (Å²) in [5, 5.41) is 28.4. The van der Waals surface area contributed by atoms with Gasteiger partial charge in [0.05, 0.1) is 16.7 Å². The Morgan fingerprint density at radius 1 is 0.759 bits per heavy atom. The van der Waals surface area contributed by atoms with Gasteiger partial charge in [-0.25, -0.2) is 14.4 Å². The number of carbonyl (C=O) groups is 3. The van der Waals surface area contributed by atoms with Gasteiger partial charge in [0.2, 0.25) is 0 Å². The summed E-state index contributed by atoms with van der Waals surface area (Å²) < 4.78 is 0. The van der Waals surface area contributed by atoms with Crippen molar-refractivity contribution in [3.63, 3.8) is 0 Å². The van der Waals surface area contributed by atoms with E-state index in [0.717, 1.165) is 11.1 Å². The van der Waals surface area contributed by atoms with Gasteiger partial charge < -0.3 is 15.3 Å². The van der Waals surface area contributed by atoms with E-state index in [1.165, 1.54) is 24.3 Å². The molecule has 144 valence electrons. The average Bonchev–Trinajstić information content (AvgIpc) is 2.78. The van der Waals surface area contributed by atoms with Crippen molar-refractivity contribution in [1.82, 2.24) is 0 Å². The first-order chi connectivity index (χ1) is 13.8. The molecule has 0 saturated carbocycles. The Kier molecular flexibility index (Phi) is 4.19. The molecule has 0 spiro atoms. The third-order valence-corrected chi connectivity index (χ3v) is 5.39. The third kappa shape index (κ3) is 2.95. The molecule has 2 aliphatic rings. The Bertz CT molecular complexity index is 1100. The minimum atomic E-state index is -1.10. The zero-order valence-corrected chi connectivity index (χ0v) is 15.1. The SMILES string of the molecule is C=C1/C=C(C(=O)O)\C=C/C2c3ccc(C(=O)O)cc3C1c1cc(C(=O)O)ccc12. The fourth-order valence-electron chi connectivity index (χ4n) is 4.09. The highest BCUT2D eigenvalue weighted by Crippen LogP contribution is 2.48. The van der Waals surface area contributed by atoms with Crippen molar-refractivity contribution in [1.29, 1.82) is 0 Å². The summed E-state index contributed by atoms with van der Waals surface area (Å²) in [6.07, 6.45) is 4.70. The molecule has 0 aliphatic heterocycles. The maximum absolute atomic E-state index is 11.6. The van der Waals surface area contributed by atoms with Crippen LogP contribution in [0.5, 0.6) is 0 Å². The Morgan fingerprint density at radius 2 is 1.28 bits per heavy atom. The second-order valence-electron chi connectivity index (χ2n) is 7.05. The molecule has 2 bridgehead atoms. The van der Waals surface area contributed by atoms with Crippen molar-refractivity contribution in [2.45, 2.75) is 11.8 Å². The zero-order valence-electron chi connectivity index (χ0n) is 15.1. The molecule has 29 heavy (non-hydrogen) atoms. The Morgan fingerprint density at radius 3 is 1.72 bits per heavy atom. The van der Waals surface area contributed by atoms with E-state index in [9.17, 15) is 29.7 Å². The van der Waals surface area contributed by atoms with Gasteiger partial charge >= 0.3 is 17.9 Å². The Hall–Kier alpha value is -3.93. The van der Waals surface area contributed by atoms with Gasteiger partial charge in [-0.05, 0) is 58.2 Å². The van der Waals surface area contributed by atoms with Crippen LogP contribution in [0.1, 0.15) is 54.8 Å². The topological polar surface area (TPSA) is 112 Å². The number of benzene rings is 2.